The van der Waals surface area contributed by atoms with Crippen LogP contribution in [0.5, 0.6) is 0 Å². The van der Waals surface area contributed by atoms with Crippen molar-refractivity contribution >= 4 is 29.3 Å². The van der Waals surface area contributed by atoms with Crippen molar-refractivity contribution in [3.05, 3.63) is 77.8 Å². The number of benzene rings is 2. The first-order chi connectivity index (χ1) is 14.0. The van der Waals surface area contributed by atoms with Gasteiger partial charge in [-0.15, -0.1) is 16.8 Å². The number of carbonyl (C=O) groups is 1. The van der Waals surface area contributed by atoms with Crippen LogP contribution in [0.15, 0.2) is 72.4 Å². The number of hydrogen-bond acceptors (Lipinski definition) is 4. The molecule has 150 valence electrons. The minimum absolute atomic E-state index is 0.0417. The van der Waals surface area contributed by atoms with Gasteiger partial charge in [0.2, 0.25) is 5.91 Å². The zero-order valence-corrected chi connectivity index (χ0v) is 18.0. The van der Waals surface area contributed by atoms with Crippen molar-refractivity contribution in [3.8, 4) is 11.4 Å². The third-order valence-electron chi connectivity index (χ3n) is 4.40. The molecule has 0 spiro atoms. The van der Waals surface area contributed by atoms with E-state index in [9.17, 15) is 4.79 Å². The van der Waals surface area contributed by atoms with E-state index in [0.29, 0.717) is 23.3 Å². The highest BCUT2D eigenvalue weighted by molar-refractivity contribution is 8.00. The van der Waals surface area contributed by atoms with Gasteiger partial charge in [-0.25, -0.2) is 0 Å². The van der Waals surface area contributed by atoms with E-state index in [1.54, 1.807) is 11.0 Å². The zero-order valence-electron chi connectivity index (χ0n) is 16.5. The molecular formula is C22H23ClN4OS. The lowest BCUT2D eigenvalue weighted by Crippen LogP contribution is -2.33. The van der Waals surface area contributed by atoms with Crippen molar-refractivity contribution in [1.82, 2.24) is 19.7 Å². The molecule has 5 nitrogen and oxygen atoms in total. The highest BCUT2D eigenvalue weighted by Gasteiger charge is 2.23. The molecule has 0 bridgehead atoms. The highest BCUT2D eigenvalue weighted by atomic mass is 35.5. The summed E-state index contributed by atoms with van der Waals surface area (Å²) in [4.78, 5) is 14.6. The Bertz CT molecular complexity index is 972. The van der Waals surface area contributed by atoms with Gasteiger partial charge < -0.3 is 4.90 Å². The molecule has 0 N–H and O–H groups in total. The molecule has 1 amide bonds. The largest absolute Gasteiger partial charge is 0.340 e. The molecule has 3 rings (SSSR count). The maximum Gasteiger partial charge on any atom is 0.235 e. The van der Waals surface area contributed by atoms with Gasteiger partial charge in [0, 0.05) is 30.7 Å². The molecule has 0 radical (unpaired) electrons. The smallest absolute Gasteiger partial charge is 0.235 e. The monoisotopic (exact) mass is 426 g/mol. The Balaban J connectivity index is 1.75. The number of aromatic nitrogens is 3. The van der Waals surface area contributed by atoms with Crippen molar-refractivity contribution in [2.45, 2.75) is 30.4 Å². The second kappa shape index (κ2) is 9.76. The molecule has 3 aromatic rings. The minimum Gasteiger partial charge on any atom is -0.340 e. The fraction of sp³-hybridized carbons (Fsp3) is 0.227. The van der Waals surface area contributed by atoms with Crippen LogP contribution in [0.25, 0.3) is 11.4 Å². The summed E-state index contributed by atoms with van der Waals surface area (Å²) >= 11 is 7.39. The Kier molecular flexibility index (Phi) is 7.12. The summed E-state index contributed by atoms with van der Waals surface area (Å²) in [6.07, 6.45) is 1.79. The van der Waals surface area contributed by atoms with Crippen LogP contribution in [0.1, 0.15) is 12.5 Å². The molecule has 1 heterocycles. The molecule has 0 saturated heterocycles. The van der Waals surface area contributed by atoms with Crippen LogP contribution in [0.2, 0.25) is 5.02 Å². The number of hydrogen-bond donors (Lipinski definition) is 0. The van der Waals surface area contributed by atoms with E-state index < -0.39 is 0 Å². The van der Waals surface area contributed by atoms with Crippen LogP contribution in [0.4, 0.5) is 0 Å². The molecule has 0 fully saturated rings. The lowest BCUT2D eigenvalue weighted by atomic mass is 10.2. The second-order valence-electron chi connectivity index (χ2n) is 6.65. The molecule has 1 aromatic heterocycles. The molecule has 0 aliphatic carbocycles. The van der Waals surface area contributed by atoms with E-state index in [-0.39, 0.29) is 11.2 Å². The van der Waals surface area contributed by atoms with Gasteiger partial charge in [0.05, 0.1) is 5.25 Å². The third kappa shape index (κ3) is 5.28. The van der Waals surface area contributed by atoms with E-state index in [0.717, 1.165) is 17.0 Å². The van der Waals surface area contributed by atoms with Gasteiger partial charge in [0.1, 0.15) is 0 Å². The van der Waals surface area contributed by atoms with E-state index in [4.69, 9.17) is 11.6 Å². The zero-order chi connectivity index (χ0) is 20.8. The van der Waals surface area contributed by atoms with Crippen molar-refractivity contribution in [2.24, 2.45) is 0 Å². The minimum atomic E-state index is -0.297. The third-order valence-corrected chi connectivity index (χ3v) is 5.72. The maximum atomic E-state index is 12.8. The standard InChI is InChI=1S/C22H23ClN4OS/c1-4-14-27-20(18-10-12-19(23)13-11-18)24-25-22(27)29-16(2)21(28)26(3)15-17-8-6-5-7-9-17/h4-13,16H,1,14-15H2,2-3H3. The summed E-state index contributed by atoms with van der Waals surface area (Å²) in [5, 5.41) is 9.71. The number of amides is 1. The predicted molar refractivity (Wildman–Crippen MR) is 119 cm³/mol. The van der Waals surface area contributed by atoms with Gasteiger partial charge in [0.15, 0.2) is 11.0 Å². The van der Waals surface area contributed by atoms with Gasteiger partial charge in [-0.3, -0.25) is 9.36 Å². The van der Waals surface area contributed by atoms with Crippen LogP contribution in [-0.2, 0) is 17.9 Å². The van der Waals surface area contributed by atoms with Crippen LogP contribution >= 0.6 is 23.4 Å². The van der Waals surface area contributed by atoms with E-state index in [1.165, 1.54) is 11.8 Å². The first-order valence-electron chi connectivity index (χ1n) is 9.25. The molecule has 2 aromatic carbocycles. The van der Waals surface area contributed by atoms with Crippen LogP contribution in [0.3, 0.4) is 0 Å². The van der Waals surface area contributed by atoms with Gasteiger partial charge >= 0.3 is 0 Å². The number of halogens is 1. The molecule has 1 atom stereocenters. The van der Waals surface area contributed by atoms with Crippen LogP contribution in [0, 0.1) is 0 Å². The van der Waals surface area contributed by atoms with Gasteiger partial charge in [-0.1, -0.05) is 59.8 Å². The molecular weight excluding hydrogens is 404 g/mol. The normalized spacial score (nSPS) is 11.8. The SMILES string of the molecule is C=CCn1c(SC(C)C(=O)N(C)Cc2ccccc2)nnc1-c1ccc(Cl)cc1. The highest BCUT2D eigenvalue weighted by Crippen LogP contribution is 2.28. The number of allylic oxidation sites excluding steroid dienone is 1. The van der Waals surface area contributed by atoms with E-state index in [2.05, 4.69) is 16.8 Å². The van der Waals surface area contributed by atoms with E-state index >= 15 is 0 Å². The lowest BCUT2D eigenvalue weighted by molar-refractivity contribution is -0.129. The van der Waals surface area contributed by atoms with Crippen molar-refractivity contribution in [1.29, 1.82) is 0 Å². The predicted octanol–water partition coefficient (Wildman–Crippen LogP) is 4.92. The molecule has 1 unspecified atom stereocenters. The first kappa shape index (κ1) is 21.1. The average Bonchev–Trinajstić information content (AvgIpc) is 3.11. The Morgan fingerprint density at radius 3 is 2.55 bits per heavy atom. The summed E-state index contributed by atoms with van der Waals surface area (Å²) in [6, 6.07) is 17.4. The summed E-state index contributed by atoms with van der Waals surface area (Å²) in [6.45, 7) is 6.84. The molecule has 0 aliphatic rings. The van der Waals surface area contributed by atoms with Crippen molar-refractivity contribution in [2.75, 3.05) is 7.05 Å². The van der Waals surface area contributed by atoms with Crippen molar-refractivity contribution < 1.29 is 4.79 Å². The topological polar surface area (TPSA) is 51.0 Å². The Morgan fingerprint density at radius 2 is 1.90 bits per heavy atom. The fourth-order valence-corrected chi connectivity index (χ4v) is 4.04. The molecule has 29 heavy (non-hydrogen) atoms. The van der Waals surface area contributed by atoms with Crippen LogP contribution < -0.4 is 0 Å². The average molecular weight is 427 g/mol. The maximum absolute atomic E-state index is 12.8. The summed E-state index contributed by atoms with van der Waals surface area (Å²) < 4.78 is 1.96. The number of nitrogens with zero attached hydrogens (tertiary/aromatic N) is 4. The summed E-state index contributed by atoms with van der Waals surface area (Å²) in [5.41, 5.74) is 2.01. The van der Waals surface area contributed by atoms with Gasteiger partial charge in [-0.2, -0.15) is 0 Å². The lowest BCUT2D eigenvalue weighted by Gasteiger charge is -2.21. The number of rotatable bonds is 8. The Morgan fingerprint density at radius 1 is 1.21 bits per heavy atom. The van der Waals surface area contributed by atoms with Crippen molar-refractivity contribution in [3.63, 3.8) is 0 Å². The Labute approximate surface area is 180 Å². The molecule has 7 heteroatoms. The Hall–Kier alpha value is -2.57. The summed E-state index contributed by atoms with van der Waals surface area (Å²) in [5.74, 6) is 0.765. The molecule has 0 saturated carbocycles. The first-order valence-corrected chi connectivity index (χ1v) is 10.5. The van der Waals surface area contributed by atoms with Crippen LogP contribution in [-0.4, -0.2) is 37.9 Å². The quantitative estimate of drug-likeness (QED) is 0.378. The number of carbonyl (C=O) groups excluding carboxylic acids is 1. The van der Waals surface area contributed by atoms with Gasteiger partial charge in [0.25, 0.3) is 0 Å². The molecule has 0 aliphatic heterocycles. The van der Waals surface area contributed by atoms with Gasteiger partial charge in [-0.05, 0) is 36.8 Å². The summed E-state index contributed by atoms with van der Waals surface area (Å²) in [7, 11) is 1.82. The van der Waals surface area contributed by atoms with E-state index in [1.807, 2.05) is 73.1 Å². The fourth-order valence-electron chi connectivity index (χ4n) is 2.94. The number of thioether (sulfide) groups is 1. The second-order valence-corrected chi connectivity index (χ2v) is 8.40.